The maximum atomic E-state index is 13.3. The monoisotopic (exact) mass is 470 g/mol. The Morgan fingerprint density at radius 3 is 2.40 bits per heavy atom. The van der Waals surface area contributed by atoms with Crippen LogP contribution in [0.5, 0.6) is 0 Å². The predicted octanol–water partition coefficient (Wildman–Crippen LogP) is 5.52. The standard InChI is InChI=1S/C22H28Cl2N2O3S/c1-3-5-9-17(4-2)15-25-22(27)16-26(21-13-12-18(23)14-20(21)24)30(28,29)19-10-7-6-8-11-19/h6-8,10-14,17H,3-5,9,15-16H2,1-2H3,(H,25,27)/t17-/m0/s1. The van der Waals surface area contributed by atoms with Crippen molar-refractivity contribution in [2.24, 2.45) is 5.92 Å². The molecule has 0 aromatic heterocycles. The second-order valence-corrected chi connectivity index (χ2v) is 9.85. The molecule has 0 radical (unpaired) electrons. The minimum absolute atomic E-state index is 0.0817. The highest BCUT2D eigenvalue weighted by atomic mass is 35.5. The van der Waals surface area contributed by atoms with Crippen LogP contribution in [0.15, 0.2) is 53.4 Å². The first-order valence-corrected chi connectivity index (χ1v) is 12.3. The summed E-state index contributed by atoms with van der Waals surface area (Å²) in [7, 11) is -4.00. The molecule has 0 saturated carbocycles. The van der Waals surface area contributed by atoms with Gasteiger partial charge in [-0.1, -0.05) is 74.5 Å². The van der Waals surface area contributed by atoms with E-state index in [0.29, 0.717) is 17.5 Å². The predicted molar refractivity (Wildman–Crippen MR) is 124 cm³/mol. The van der Waals surface area contributed by atoms with Crippen molar-refractivity contribution in [2.75, 3.05) is 17.4 Å². The van der Waals surface area contributed by atoms with Gasteiger partial charge in [0.05, 0.1) is 15.6 Å². The second kappa shape index (κ2) is 11.6. The number of hydrogen-bond donors (Lipinski definition) is 1. The number of unbranched alkanes of at least 4 members (excludes halogenated alkanes) is 1. The molecule has 5 nitrogen and oxygen atoms in total. The highest BCUT2D eigenvalue weighted by Crippen LogP contribution is 2.32. The Labute approximate surface area is 189 Å². The van der Waals surface area contributed by atoms with Crippen molar-refractivity contribution in [3.63, 3.8) is 0 Å². The zero-order valence-electron chi connectivity index (χ0n) is 17.3. The first-order valence-electron chi connectivity index (χ1n) is 10.1. The first-order chi connectivity index (χ1) is 14.3. The molecule has 1 N–H and O–H groups in total. The van der Waals surface area contributed by atoms with Gasteiger partial charge in [0.2, 0.25) is 5.91 Å². The maximum Gasteiger partial charge on any atom is 0.264 e. The lowest BCUT2D eigenvalue weighted by atomic mass is 9.99. The number of hydrogen-bond acceptors (Lipinski definition) is 3. The summed E-state index contributed by atoms with van der Waals surface area (Å²) in [5, 5.41) is 3.42. The van der Waals surface area contributed by atoms with Gasteiger partial charge in [0.1, 0.15) is 6.54 Å². The van der Waals surface area contributed by atoms with E-state index in [1.165, 1.54) is 24.3 Å². The van der Waals surface area contributed by atoms with Crippen LogP contribution in [0.3, 0.4) is 0 Å². The average Bonchev–Trinajstić information content (AvgIpc) is 2.73. The number of halogens is 2. The number of benzene rings is 2. The van der Waals surface area contributed by atoms with Gasteiger partial charge in [-0.3, -0.25) is 9.10 Å². The first kappa shape index (κ1) is 24.5. The summed E-state index contributed by atoms with van der Waals surface area (Å²) in [5.41, 5.74) is 0.207. The van der Waals surface area contributed by atoms with Gasteiger partial charge in [0.25, 0.3) is 10.0 Å². The number of carbonyl (C=O) groups excluding carboxylic acids is 1. The smallest absolute Gasteiger partial charge is 0.264 e. The van der Waals surface area contributed by atoms with Gasteiger partial charge in [-0.25, -0.2) is 8.42 Å². The van der Waals surface area contributed by atoms with E-state index in [-0.39, 0.29) is 28.1 Å². The van der Waals surface area contributed by atoms with Gasteiger partial charge < -0.3 is 5.32 Å². The molecule has 2 aromatic rings. The Morgan fingerprint density at radius 2 is 1.80 bits per heavy atom. The zero-order valence-corrected chi connectivity index (χ0v) is 19.6. The van der Waals surface area contributed by atoms with E-state index in [1.807, 2.05) is 0 Å². The van der Waals surface area contributed by atoms with E-state index >= 15 is 0 Å². The van der Waals surface area contributed by atoms with Crippen LogP contribution in [0.4, 0.5) is 5.69 Å². The molecule has 0 heterocycles. The Bertz CT molecular complexity index is 937. The Kier molecular flexibility index (Phi) is 9.46. The van der Waals surface area contributed by atoms with Crippen molar-refractivity contribution < 1.29 is 13.2 Å². The van der Waals surface area contributed by atoms with Gasteiger partial charge in [-0.2, -0.15) is 0 Å². The fourth-order valence-electron chi connectivity index (χ4n) is 3.09. The van der Waals surface area contributed by atoms with Crippen LogP contribution in [-0.4, -0.2) is 27.4 Å². The summed E-state index contributed by atoms with van der Waals surface area (Å²) in [6.45, 7) is 4.37. The average molecular weight is 471 g/mol. The molecule has 0 unspecified atom stereocenters. The van der Waals surface area contributed by atoms with E-state index in [4.69, 9.17) is 23.2 Å². The van der Waals surface area contributed by atoms with E-state index in [0.717, 1.165) is 30.0 Å². The fraction of sp³-hybridized carbons (Fsp3) is 0.409. The molecule has 0 aliphatic heterocycles. The molecular formula is C22H28Cl2N2O3S. The third-order valence-electron chi connectivity index (χ3n) is 4.93. The lowest BCUT2D eigenvalue weighted by molar-refractivity contribution is -0.119. The topological polar surface area (TPSA) is 66.5 Å². The second-order valence-electron chi connectivity index (χ2n) is 7.14. The molecule has 1 amide bonds. The number of nitrogens with zero attached hydrogens (tertiary/aromatic N) is 1. The molecule has 2 rings (SSSR count). The quantitative estimate of drug-likeness (QED) is 0.469. The van der Waals surface area contributed by atoms with Crippen molar-refractivity contribution in [1.29, 1.82) is 0 Å². The summed E-state index contributed by atoms with van der Waals surface area (Å²) in [5.74, 6) is -0.0114. The van der Waals surface area contributed by atoms with Crippen molar-refractivity contribution >= 4 is 44.8 Å². The largest absolute Gasteiger partial charge is 0.354 e. The molecule has 1 atom stereocenters. The van der Waals surface area contributed by atoms with Gasteiger partial charge >= 0.3 is 0 Å². The molecule has 30 heavy (non-hydrogen) atoms. The summed E-state index contributed by atoms with van der Waals surface area (Å²) >= 11 is 12.3. The third-order valence-corrected chi connectivity index (χ3v) is 7.24. The minimum atomic E-state index is -4.00. The molecule has 2 aromatic carbocycles. The lowest BCUT2D eigenvalue weighted by Gasteiger charge is -2.25. The highest BCUT2D eigenvalue weighted by molar-refractivity contribution is 7.92. The fourth-order valence-corrected chi connectivity index (χ4v) is 5.11. The number of carbonyl (C=O) groups is 1. The van der Waals surface area contributed by atoms with Crippen LogP contribution >= 0.6 is 23.2 Å². The van der Waals surface area contributed by atoms with Crippen molar-refractivity contribution in [1.82, 2.24) is 5.32 Å². The number of anilines is 1. The van der Waals surface area contributed by atoms with Crippen LogP contribution in [0, 0.1) is 5.92 Å². The van der Waals surface area contributed by atoms with Crippen LogP contribution in [0.1, 0.15) is 39.5 Å². The molecule has 0 aliphatic carbocycles. The van der Waals surface area contributed by atoms with Gasteiger partial charge in [0, 0.05) is 11.6 Å². The van der Waals surface area contributed by atoms with Gasteiger partial charge in [-0.15, -0.1) is 0 Å². The van der Waals surface area contributed by atoms with Crippen LogP contribution in [0.25, 0.3) is 0 Å². The van der Waals surface area contributed by atoms with Crippen molar-refractivity contribution in [2.45, 2.75) is 44.4 Å². The highest BCUT2D eigenvalue weighted by Gasteiger charge is 2.28. The zero-order chi connectivity index (χ0) is 22.1. The molecule has 8 heteroatoms. The van der Waals surface area contributed by atoms with Gasteiger partial charge in [-0.05, 0) is 42.7 Å². The molecular weight excluding hydrogens is 443 g/mol. The van der Waals surface area contributed by atoms with Crippen LogP contribution in [-0.2, 0) is 14.8 Å². The van der Waals surface area contributed by atoms with E-state index in [1.54, 1.807) is 24.3 Å². The summed E-state index contributed by atoms with van der Waals surface area (Å²) in [6.07, 6.45) is 4.18. The molecule has 0 spiro atoms. The number of nitrogens with one attached hydrogen (secondary N) is 1. The normalized spacial score (nSPS) is 12.4. The van der Waals surface area contributed by atoms with Crippen LogP contribution in [0.2, 0.25) is 10.0 Å². The van der Waals surface area contributed by atoms with Crippen LogP contribution < -0.4 is 9.62 Å². The van der Waals surface area contributed by atoms with E-state index < -0.39 is 10.0 Å². The Balaban J connectivity index is 2.27. The molecule has 0 aliphatic rings. The SMILES string of the molecule is CCCC[C@H](CC)CNC(=O)CN(c1ccc(Cl)cc1Cl)S(=O)(=O)c1ccccc1. The summed E-state index contributed by atoms with van der Waals surface area (Å²) < 4.78 is 27.6. The van der Waals surface area contributed by atoms with Crippen molar-refractivity contribution in [3.8, 4) is 0 Å². The number of rotatable bonds is 11. The molecule has 164 valence electrons. The van der Waals surface area contributed by atoms with Gasteiger partial charge in [0.15, 0.2) is 0 Å². The molecule has 0 saturated heterocycles. The minimum Gasteiger partial charge on any atom is -0.354 e. The molecule has 0 bridgehead atoms. The maximum absolute atomic E-state index is 13.3. The summed E-state index contributed by atoms with van der Waals surface area (Å²) in [4.78, 5) is 12.8. The molecule has 0 fully saturated rings. The number of sulfonamides is 1. The Hall–Kier alpha value is -1.76. The van der Waals surface area contributed by atoms with E-state index in [9.17, 15) is 13.2 Å². The lowest BCUT2D eigenvalue weighted by Crippen LogP contribution is -2.42. The van der Waals surface area contributed by atoms with Crippen molar-refractivity contribution in [3.05, 3.63) is 58.6 Å². The number of amides is 1. The Morgan fingerprint density at radius 1 is 1.10 bits per heavy atom. The summed E-state index contributed by atoms with van der Waals surface area (Å²) in [6, 6.07) is 12.5. The third kappa shape index (κ3) is 6.62. The van der Waals surface area contributed by atoms with E-state index in [2.05, 4.69) is 19.2 Å².